The maximum Gasteiger partial charge on any atom is 0.320 e. The van der Waals surface area contributed by atoms with Gasteiger partial charge in [0.2, 0.25) is 0 Å². The Balaban J connectivity index is 2.05. The van der Waals surface area contributed by atoms with Crippen molar-refractivity contribution < 1.29 is 9.90 Å². The molecule has 2 atom stereocenters. The summed E-state index contributed by atoms with van der Waals surface area (Å²) in [6.07, 6.45) is 2.28. The molecule has 5 nitrogen and oxygen atoms in total. The highest BCUT2D eigenvalue weighted by Gasteiger charge is 2.29. The van der Waals surface area contributed by atoms with Crippen molar-refractivity contribution in [2.45, 2.75) is 38.3 Å². The summed E-state index contributed by atoms with van der Waals surface area (Å²) in [6.45, 7) is 1.92. The van der Waals surface area contributed by atoms with Crippen LogP contribution >= 0.6 is 11.6 Å². The maximum atomic E-state index is 10.8. The number of nitrogens with one attached hydrogen (secondary N) is 1. The molecule has 2 N–H and O–H groups in total. The molecule has 0 saturated carbocycles. The molecule has 1 aliphatic rings. The number of rotatable bonds is 3. The Hall–Kier alpha value is -1.07. The summed E-state index contributed by atoms with van der Waals surface area (Å²) in [5.41, 5.74) is 1.93. The summed E-state index contributed by atoms with van der Waals surface area (Å²) in [5, 5.41) is 16.9. The predicted octanol–water partition coefficient (Wildman–Crippen LogP) is 1.13. The lowest BCUT2D eigenvalue weighted by molar-refractivity contribution is -0.139. The Kier molecular flexibility index (Phi) is 3.40. The van der Waals surface area contributed by atoms with Crippen molar-refractivity contribution in [2.24, 2.45) is 7.05 Å². The first-order valence-corrected chi connectivity index (χ1v) is 6.03. The zero-order chi connectivity index (χ0) is 12.6. The molecule has 1 aliphatic heterocycles. The Morgan fingerprint density at radius 1 is 1.65 bits per heavy atom. The number of halogens is 1. The molecule has 2 unspecified atom stereocenters. The number of hydrogen-bond acceptors (Lipinski definition) is 3. The van der Waals surface area contributed by atoms with E-state index in [-0.39, 0.29) is 6.04 Å². The number of carboxylic acids is 1. The first-order chi connectivity index (χ1) is 7.99. The molecule has 1 saturated heterocycles. The first-order valence-electron chi connectivity index (χ1n) is 5.66. The first kappa shape index (κ1) is 12.4. The largest absolute Gasteiger partial charge is 0.480 e. The molecule has 1 aromatic rings. The van der Waals surface area contributed by atoms with E-state index in [1.54, 1.807) is 11.7 Å². The van der Waals surface area contributed by atoms with Crippen LogP contribution in [0.25, 0.3) is 0 Å². The van der Waals surface area contributed by atoms with Crippen LogP contribution in [0.1, 0.15) is 24.1 Å². The molecule has 1 aromatic heterocycles. The molecule has 0 bridgehead atoms. The second kappa shape index (κ2) is 4.66. The zero-order valence-corrected chi connectivity index (χ0v) is 10.7. The van der Waals surface area contributed by atoms with E-state index in [4.69, 9.17) is 16.7 Å². The predicted molar refractivity (Wildman–Crippen MR) is 64.2 cm³/mol. The summed E-state index contributed by atoms with van der Waals surface area (Å²) < 4.78 is 1.65. The molecule has 2 rings (SSSR count). The molecule has 0 radical (unpaired) electrons. The van der Waals surface area contributed by atoms with Gasteiger partial charge in [0.05, 0.1) is 5.69 Å². The van der Waals surface area contributed by atoms with E-state index < -0.39 is 12.0 Å². The molecule has 1 fully saturated rings. The van der Waals surface area contributed by atoms with Crippen molar-refractivity contribution in [3.8, 4) is 0 Å². The Morgan fingerprint density at radius 2 is 2.35 bits per heavy atom. The van der Waals surface area contributed by atoms with Crippen molar-refractivity contribution in [1.82, 2.24) is 15.1 Å². The topological polar surface area (TPSA) is 67.2 Å². The van der Waals surface area contributed by atoms with Crippen LogP contribution in [0.4, 0.5) is 0 Å². The molecule has 0 amide bonds. The van der Waals surface area contributed by atoms with Gasteiger partial charge in [-0.15, -0.1) is 0 Å². The minimum absolute atomic E-state index is 0.177. The summed E-state index contributed by atoms with van der Waals surface area (Å²) in [4.78, 5) is 10.8. The van der Waals surface area contributed by atoms with Crippen LogP contribution in [0.3, 0.4) is 0 Å². The highest BCUT2D eigenvalue weighted by atomic mass is 35.5. The van der Waals surface area contributed by atoms with Gasteiger partial charge in [-0.1, -0.05) is 11.6 Å². The van der Waals surface area contributed by atoms with Crippen LogP contribution in [-0.4, -0.2) is 32.9 Å². The van der Waals surface area contributed by atoms with Crippen LogP contribution in [0.15, 0.2) is 0 Å². The van der Waals surface area contributed by atoms with E-state index in [9.17, 15) is 4.79 Å². The Morgan fingerprint density at radius 3 is 2.82 bits per heavy atom. The van der Waals surface area contributed by atoms with E-state index >= 15 is 0 Å². The third kappa shape index (κ3) is 2.45. The van der Waals surface area contributed by atoms with E-state index in [0.717, 1.165) is 24.1 Å². The van der Waals surface area contributed by atoms with Gasteiger partial charge >= 0.3 is 5.97 Å². The smallest absolute Gasteiger partial charge is 0.320 e. The van der Waals surface area contributed by atoms with Gasteiger partial charge < -0.3 is 10.4 Å². The van der Waals surface area contributed by atoms with Crippen molar-refractivity contribution in [2.75, 3.05) is 0 Å². The molecule has 94 valence electrons. The summed E-state index contributed by atoms with van der Waals surface area (Å²) in [6, 6.07) is -0.243. The molecule has 17 heavy (non-hydrogen) atoms. The fraction of sp³-hybridized carbons (Fsp3) is 0.636. The van der Waals surface area contributed by atoms with Crippen molar-refractivity contribution in [3.05, 3.63) is 16.4 Å². The van der Waals surface area contributed by atoms with Gasteiger partial charge in [0.15, 0.2) is 0 Å². The lowest BCUT2D eigenvalue weighted by Gasteiger charge is -2.11. The van der Waals surface area contributed by atoms with Gasteiger partial charge in [0.25, 0.3) is 0 Å². The minimum Gasteiger partial charge on any atom is -0.480 e. The van der Waals surface area contributed by atoms with Crippen LogP contribution in [0, 0.1) is 6.92 Å². The second-order valence-electron chi connectivity index (χ2n) is 4.51. The van der Waals surface area contributed by atoms with Gasteiger partial charge in [0, 0.05) is 18.7 Å². The van der Waals surface area contributed by atoms with E-state index in [1.165, 1.54) is 0 Å². The van der Waals surface area contributed by atoms with Crippen molar-refractivity contribution in [1.29, 1.82) is 0 Å². The van der Waals surface area contributed by atoms with Crippen LogP contribution in [0.2, 0.25) is 5.15 Å². The molecular weight excluding hydrogens is 242 g/mol. The average Bonchev–Trinajstić information content (AvgIpc) is 2.80. The fourth-order valence-electron chi connectivity index (χ4n) is 2.33. The zero-order valence-electron chi connectivity index (χ0n) is 9.90. The SMILES string of the molecule is Cc1nn(C)c(Cl)c1CC1CCC(C(=O)O)N1. The number of nitrogens with zero attached hydrogens (tertiary/aromatic N) is 2. The molecular formula is C11H16ClN3O2. The molecule has 0 spiro atoms. The third-order valence-electron chi connectivity index (χ3n) is 3.26. The van der Waals surface area contributed by atoms with E-state index in [2.05, 4.69) is 10.4 Å². The normalized spacial score (nSPS) is 24.2. The third-order valence-corrected chi connectivity index (χ3v) is 3.73. The quantitative estimate of drug-likeness (QED) is 0.852. The van der Waals surface area contributed by atoms with Gasteiger partial charge in [-0.3, -0.25) is 9.48 Å². The number of hydrogen-bond donors (Lipinski definition) is 2. The Bertz CT molecular complexity index is 444. The van der Waals surface area contributed by atoms with E-state index in [1.807, 2.05) is 6.92 Å². The number of aromatic nitrogens is 2. The van der Waals surface area contributed by atoms with Crippen LogP contribution in [-0.2, 0) is 18.3 Å². The maximum absolute atomic E-state index is 10.8. The summed E-state index contributed by atoms with van der Waals surface area (Å²) in [7, 11) is 1.81. The van der Waals surface area contributed by atoms with Gasteiger partial charge in [-0.2, -0.15) is 5.10 Å². The van der Waals surface area contributed by atoms with Crippen LogP contribution in [0.5, 0.6) is 0 Å². The fourth-order valence-corrected chi connectivity index (χ4v) is 2.58. The molecule has 0 aromatic carbocycles. The van der Waals surface area contributed by atoms with Gasteiger partial charge in [-0.25, -0.2) is 0 Å². The lowest BCUT2D eigenvalue weighted by atomic mass is 10.1. The van der Waals surface area contributed by atoms with Crippen LogP contribution < -0.4 is 5.32 Å². The number of carboxylic acid groups (broad SMARTS) is 1. The molecule has 2 heterocycles. The number of aliphatic carboxylic acids is 1. The van der Waals surface area contributed by atoms with Gasteiger partial charge in [-0.05, 0) is 26.2 Å². The van der Waals surface area contributed by atoms with Gasteiger partial charge in [0.1, 0.15) is 11.2 Å². The highest BCUT2D eigenvalue weighted by Crippen LogP contribution is 2.24. The summed E-state index contributed by atoms with van der Waals surface area (Å²) in [5.74, 6) is -0.776. The highest BCUT2D eigenvalue weighted by molar-refractivity contribution is 6.30. The monoisotopic (exact) mass is 257 g/mol. The lowest BCUT2D eigenvalue weighted by Crippen LogP contribution is -2.36. The Labute approximate surface area is 105 Å². The second-order valence-corrected chi connectivity index (χ2v) is 4.87. The van der Waals surface area contributed by atoms with Crippen molar-refractivity contribution in [3.63, 3.8) is 0 Å². The van der Waals surface area contributed by atoms with E-state index in [0.29, 0.717) is 11.6 Å². The van der Waals surface area contributed by atoms with Crippen molar-refractivity contribution >= 4 is 17.6 Å². The minimum atomic E-state index is -0.776. The average molecular weight is 258 g/mol. The standard InChI is InChI=1S/C11H16ClN3O2/c1-6-8(10(12)15(2)14-6)5-7-3-4-9(13-7)11(16)17/h7,9,13H,3-5H2,1-2H3,(H,16,17). The summed E-state index contributed by atoms with van der Waals surface area (Å²) >= 11 is 6.15. The number of aryl methyl sites for hydroxylation is 2. The number of carbonyl (C=O) groups is 1. The molecule has 6 heteroatoms. The molecule has 0 aliphatic carbocycles.